The zero-order chi connectivity index (χ0) is 13.2. The van der Waals surface area contributed by atoms with Gasteiger partial charge in [0.2, 0.25) is 5.91 Å². The smallest absolute Gasteiger partial charge is 0.220 e. The molecule has 3 heteroatoms. The second-order valence-electron chi connectivity index (χ2n) is 4.60. The van der Waals surface area contributed by atoms with Gasteiger partial charge in [0, 0.05) is 13.0 Å². The summed E-state index contributed by atoms with van der Waals surface area (Å²) in [6.45, 7) is 2.66. The third-order valence-corrected chi connectivity index (χ3v) is 2.93. The lowest BCUT2D eigenvalue weighted by atomic mass is 10.1. The van der Waals surface area contributed by atoms with Crippen LogP contribution in [0.15, 0.2) is 30.3 Å². The molecule has 0 aliphatic carbocycles. The summed E-state index contributed by atoms with van der Waals surface area (Å²) in [5.41, 5.74) is 1.09. The minimum Gasteiger partial charge on any atom is -0.393 e. The van der Waals surface area contributed by atoms with Crippen molar-refractivity contribution in [3.8, 4) is 0 Å². The molecule has 1 aromatic carbocycles. The first-order chi connectivity index (χ1) is 8.72. The van der Waals surface area contributed by atoms with Crippen LogP contribution in [0.25, 0.3) is 0 Å². The highest BCUT2D eigenvalue weighted by Crippen LogP contribution is 2.06. The first-order valence-corrected chi connectivity index (χ1v) is 6.71. The van der Waals surface area contributed by atoms with Crippen LogP contribution in [-0.4, -0.2) is 17.1 Å². The lowest BCUT2D eigenvalue weighted by Crippen LogP contribution is -2.23. The molecule has 1 rings (SSSR count). The minimum absolute atomic E-state index is 0.00871. The molecule has 0 aromatic heterocycles. The van der Waals surface area contributed by atoms with Gasteiger partial charge >= 0.3 is 0 Å². The quantitative estimate of drug-likeness (QED) is 0.744. The molecule has 2 N–H and O–H groups in total. The van der Waals surface area contributed by atoms with Crippen molar-refractivity contribution in [2.24, 2.45) is 0 Å². The van der Waals surface area contributed by atoms with Crippen molar-refractivity contribution in [1.29, 1.82) is 0 Å². The van der Waals surface area contributed by atoms with Crippen molar-refractivity contribution in [1.82, 2.24) is 5.32 Å². The molecule has 0 unspecified atom stereocenters. The van der Waals surface area contributed by atoms with E-state index in [0.29, 0.717) is 19.4 Å². The van der Waals surface area contributed by atoms with Crippen LogP contribution in [0.2, 0.25) is 0 Å². The number of benzene rings is 1. The molecule has 0 heterocycles. The Hall–Kier alpha value is -1.35. The van der Waals surface area contributed by atoms with E-state index < -0.39 is 0 Å². The van der Waals surface area contributed by atoms with Gasteiger partial charge in [0.25, 0.3) is 0 Å². The largest absolute Gasteiger partial charge is 0.393 e. The average Bonchev–Trinajstić information content (AvgIpc) is 2.41. The molecule has 0 aliphatic rings. The zero-order valence-electron chi connectivity index (χ0n) is 11.1. The number of aliphatic hydroxyl groups is 1. The second kappa shape index (κ2) is 8.70. The normalized spacial score (nSPS) is 12.1. The van der Waals surface area contributed by atoms with Crippen LogP contribution in [0.3, 0.4) is 0 Å². The maximum absolute atomic E-state index is 11.6. The Balaban J connectivity index is 2.14. The number of hydrogen-bond acceptors (Lipinski definition) is 2. The maximum Gasteiger partial charge on any atom is 0.220 e. The van der Waals surface area contributed by atoms with E-state index in [4.69, 9.17) is 0 Å². The van der Waals surface area contributed by atoms with Gasteiger partial charge in [-0.15, -0.1) is 0 Å². The summed E-state index contributed by atoms with van der Waals surface area (Å²) < 4.78 is 0. The number of rotatable bonds is 8. The van der Waals surface area contributed by atoms with Crippen molar-refractivity contribution in [2.75, 3.05) is 0 Å². The van der Waals surface area contributed by atoms with Crippen LogP contribution in [-0.2, 0) is 11.3 Å². The Kier molecular flexibility index (Phi) is 7.11. The van der Waals surface area contributed by atoms with Crippen LogP contribution in [0.5, 0.6) is 0 Å². The molecular weight excluding hydrogens is 226 g/mol. The van der Waals surface area contributed by atoms with Crippen LogP contribution in [0.4, 0.5) is 0 Å². The highest BCUT2D eigenvalue weighted by molar-refractivity contribution is 5.75. The van der Waals surface area contributed by atoms with Crippen LogP contribution < -0.4 is 5.32 Å². The van der Waals surface area contributed by atoms with Gasteiger partial charge in [0.15, 0.2) is 0 Å². The van der Waals surface area contributed by atoms with Gasteiger partial charge in [0.1, 0.15) is 0 Å². The molecule has 1 aromatic rings. The number of nitrogens with one attached hydrogen (secondary N) is 1. The fourth-order valence-corrected chi connectivity index (χ4v) is 1.77. The molecule has 1 amide bonds. The monoisotopic (exact) mass is 249 g/mol. The number of hydrogen-bond donors (Lipinski definition) is 2. The Morgan fingerprint density at radius 2 is 2.00 bits per heavy atom. The van der Waals surface area contributed by atoms with Gasteiger partial charge in [-0.05, 0) is 18.4 Å². The molecule has 0 aliphatic heterocycles. The van der Waals surface area contributed by atoms with Crippen molar-refractivity contribution >= 4 is 5.91 Å². The summed E-state index contributed by atoms with van der Waals surface area (Å²) in [4.78, 5) is 11.6. The van der Waals surface area contributed by atoms with E-state index in [2.05, 4.69) is 12.2 Å². The number of aliphatic hydroxyl groups excluding tert-OH is 1. The van der Waals surface area contributed by atoms with Gasteiger partial charge in [0.05, 0.1) is 6.10 Å². The molecule has 0 radical (unpaired) electrons. The van der Waals surface area contributed by atoms with E-state index in [9.17, 15) is 9.90 Å². The summed E-state index contributed by atoms with van der Waals surface area (Å²) in [7, 11) is 0. The second-order valence-corrected chi connectivity index (χ2v) is 4.60. The Morgan fingerprint density at radius 1 is 1.28 bits per heavy atom. The van der Waals surface area contributed by atoms with Crippen LogP contribution in [0, 0.1) is 0 Å². The Morgan fingerprint density at radius 3 is 2.67 bits per heavy atom. The summed E-state index contributed by atoms with van der Waals surface area (Å²) >= 11 is 0. The van der Waals surface area contributed by atoms with E-state index in [-0.39, 0.29) is 12.0 Å². The van der Waals surface area contributed by atoms with E-state index in [0.717, 1.165) is 24.8 Å². The van der Waals surface area contributed by atoms with Crippen molar-refractivity contribution in [3.05, 3.63) is 35.9 Å². The van der Waals surface area contributed by atoms with Gasteiger partial charge in [-0.1, -0.05) is 50.1 Å². The highest BCUT2D eigenvalue weighted by Gasteiger charge is 2.07. The third-order valence-electron chi connectivity index (χ3n) is 2.93. The molecule has 0 saturated heterocycles. The molecule has 3 nitrogen and oxygen atoms in total. The molecule has 0 saturated carbocycles. The summed E-state index contributed by atoms with van der Waals surface area (Å²) in [6.07, 6.45) is 3.51. The highest BCUT2D eigenvalue weighted by atomic mass is 16.3. The SMILES string of the molecule is CCCC[C@@H](O)CCC(=O)NCc1ccccc1. The number of carbonyl (C=O) groups excluding carboxylic acids is 1. The van der Waals surface area contributed by atoms with Crippen molar-refractivity contribution < 1.29 is 9.90 Å². The van der Waals surface area contributed by atoms with Gasteiger partial charge in [-0.2, -0.15) is 0 Å². The number of carbonyl (C=O) groups is 1. The third kappa shape index (κ3) is 6.40. The fraction of sp³-hybridized carbons (Fsp3) is 0.533. The average molecular weight is 249 g/mol. The standard InChI is InChI=1S/C15H23NO2/c1-2-3-9-14(17)10-11-15(18)16-12-13-7-5-4-6-8-13/h4-8,14,17H,2-3,9-12H2,1H3,(H,16,18)/t14-/m1/s1. The molecule has 18 heavy (non-hydrogen) atoms. The minimum atomic E-state index is -0.340. The zero-order valence-corrected chi connectivity index (χ0v) is 11.1. The first kappa shape index (κ1) is 14.7. The van der Waals surface area contributed by atoms with Gasteiger partial charge in [-0.25, -0.2) is 0 Å². The topological polar surface area (TPSA) is 49.3 Å². The maximum atomic E-state index is 11.6. The molecule has 1 atom stereocenters. The van der Waals surface area contributed by atoms with E-state index in [1.165, 1.54) is 0 Å². The van der Waals surface area contributed by atoms with Crippen molar-refractivity contribution in [2.45, 2.75) is 51.7 Å². The van der Waals surface area contributed by atoms with E-state index in [1.807, 2.05) is 30.3 Å². The van der Waals surface area contributed by atoms with Crippen LogP contribution >= 0.6 is 0 Å². The van der Waals surface area contributed by atoms with Crippen molar-refractivity contribution in [3.63, 3.8) is 0 Å². The van der Waals surface area contributed by atoms with Gasteiger partial charge in [-0.3, -0.25) is 4.79 Å². The summed E-state index contributed by atoms with van der Waals surface area (Å²) in [5.74, 6) is 0.00871. The molecule has 0 spiro atoms. The first-order valence-electron chi connectivity index (χ1n) is 6.71. The van der Waals surface area contributed by atoms with E-state index in [1.54, 1.807) is 0 Å². The molecule has 0 bridgehead atoms. The Labute approximate surface area is 109 Å². The lowest BCUT2D eigenvalue weighted by Gasteiger charge is -2.10. The number of amides is 1. The molecule has 0 fully saturated rings. The fourth-order valence-electron chi connectivity index (χ4n) is 1.77. The number of unbranched alkanes of at least 4 members (excludes halogenated alkanes) is 1. The predicted octanol–water partition coefficient (Wildman–Crippen LogP) is 2.63. The van der Waals surface area contributed by atoms with Gasteiger partial charge < -0.3 is 10.4 Å². The predicted molar refractivity (Wildman–Crippen MR) is 73.1 cm³/mol. The Bertz CT molecular complexity index is 338. The summed E-state index contributed by atoms with van der Waals surface area (Å²) in [5, 5.41) is 12.5. The lowest BCUT2D eigenvalue weighted by molar-refractivity contribution is -0.121. The molecule has 100 valence electrons. The van der Waals surface area contributed by atoms with E-state index >= 15 is 0 Å². The molecular formula is C15H23NO2. The van der Waals surface area contributed by atoms with Crippen LogP contribution in [0.1, 0.15) is 44.6 Å². The summed E-state index contributed by atoms with van der Waals surface area (Å²) in [6, 6.07) is 9.83.